The molecule has 4 heteroatoms. The average Bonchev–Trinajstić information content (AvgIpc) is 2.98. The molecule has 1 aliphatic carbocycles. The lowest BCUT2D eigenvalue weighted by Gasteiger charge is -2.22. The number of imidazole rings is 1. The molecule has 2 aromatic rings. The molecule has 0 bridgehead atoms. The maximum atomic E-state index is 6.17. The first-order valence-corrected chi connectivity index (χ1v) is 7.30. The third-order valence-electron chi connectivity index (χ3n) is 3.87. The van der Waals surface area contributed by atoms with Crippen molar-refractivity contribution >= 4 is 0 Å². The molecule has 4 nitrogen and oxygen atoms in total. The van der Waals surface area contributed by atoms with Crippen LogP contribution in [0.25, 0.3) is 0 Å². The van der Waals surface area contributed by atoms with Crippen molar-refractivity contribution in [3.05, 3.63) is 48.0 Å². The second-order valence-corrected chi connectivity index (χ2v) is 5.36. The summed E-state index contributed by atoms with van der Waals surface area (Å²) in [4.78, 5) is 4.02. The first-order valence-electron chi connectivity index (χ1n) is 7.30. The van der Waals surface area contributed by atoms with Crippen molar-refractivity contribution in [2.75, 3.05) is 6.61 Å². The zero-order valence-corrected chi connectivity index (χ0v) is 11.7. The molecule has 0 radical (unpaired) electrons. The third kappa shape index (κ3) is 3.02. The van der Waals surface area contributed by atoms with E-state index in [0.29, 0.717) is 6.61 Å². The number of hydrogen-bond acceptors (Lipinski definition) is 3. The molecular formula is C16H21N3O. The van der Waals surface area contributed by atoms with Gasteiger partial charge in [-0.15, -0.1) is 0 Å². The van der Waals surface area contributed by atoms with Crippen molar-refractivity contribution in [3.63, 3.8) is 0 Å². The number of fused-ring (bicyclic) bond motifs is 1. The van der Waals surface area contributed by atoms with Crippen LogP contribution in [0.5, 0.6) is 5.75 Å². The Morgan fingerprint density at radius 1 is 1.40 bits per heavy atom. The highest BCUT2D eigenvalue weighted by molar-refractivity contribution is 5.39. The van der Waals surface area contributed by atoms with E-state index >= 15 is 0 Å². The second-order valence-electron chi connectivity index (χ2n) is 5.36. The fraction of sp³-hybridized carbons (Fsp3) is 0.438. The SMILES string of the molecule is N[C@H]1CCCc2ccc(OCCCn3ccnc3)cc21. The molecule has 0 amide bonds. The maximum Gasteiger partial charge on any atom is 0.119 e. The van der Waals surface area contributed by atoms with Gasteiger partial charge in [0.2, 0.25) is 0 Å². The summed E-state index contributed by atoms with van der Waals surface area (Å²) in [6.07, 6.45) is 9.99. The Kier molecular flexibility index (Phi) is 4.02. The molecule has 1 atom stereocenters. The van der Waals surface area contributed by atoms with Crippen molar-refractivity contribution in [3.8, 4) is 5.75 Å². The predicted molar refractivity (Wildman–Crippen MR) is 78.6 cm³/mol. The van der Waals surface area contributed by atoms with Crippen molar-refractivity contribution < 1.29 is 4.74 Å². The number of ether oxygens (including phenoxy) is 1. The van der Waals surface area contributed by atoms with Gasteiger partial charge in [0.15, 0.2) is 0 Å². The molecular weight excluding hydrogens is 250 g/mol. The molecule has 0 saturated heterocycles. The van der Waals surface area contributed by atoms with Crippen LogP contribution in [0.3, 0.4) is 0 Å². The van der Waals surface area contributed by atoms with Gasteiger partial charge in [-0.25, -0.2) is 4.98 Å². The molecule has 0 aliphatic heterocycles. The maximum absolute atomic E-state index is 6.17. The Hall–Kier alpha value is -1.81. The molecule has 106 valence electrons. The van der Waals surface area contributed by atoms with Crippen LogP contribution in [0.4, 0.5) is 0 Å². The van der Waals surface area contributed by atoms with E-state index in [9.17, 15) is 0 Å². The van der Waals surface area contributed by atoms with Crippen molar-refractivity contribution in [2.24, 2.45) is 5.73 Å². The number of benzene rings is 1. The van der Waals surface area contributed by atoms with Gasteiger partial charge in [0.25, 0.3) is 0 Å². The lowest BCUT2D eigenvalue weighted by molar-refractivity contribution is 0.301. The van der Waals surface area contributed by atoms with E-state index in [1.54, 1.807) is 6.20 Å². The normalized spacial score (nSPS) is 17.8. The van der Waals surface area contributed by atoms with E-state index in [1.807, 2.05) is 12.5 Å². The monoisotopic (exact) mass is 271 g/mol. The molecule has 0 saturated carbocycles. The van der Waals surface area contributed by atoms with Crippen LogP contribution in [-0.4, -0.2) is 16.2 Å². The van der Waals surface area contributed by atoms with Crippen molar-refractivity contribution in [1.82, 2.24) is 9.55 Å². The van der Waals surface area contributed by atoms with E-state index < -0.39 is 0 Å². The summed E-state index contributed by atoms with van der Waals surface area (Å²) in [5, 5.41) is 0. The summed E-state index contributed by atoms with van der Waals surface area (Å²) in [6, 6.07) is 6.53. The summed E-state index contributed by atoms with van der Waals surface area (Å²) in [7, 11) is 0. The quantitative estimate of drug-likeness (QED) is 0.851. The van der Waals surface area contributed by atoms with E-state index in [1.165, 1.54) is 17.5 Å². The molecule has 1 aromatic carbocycles. The minimum Gasteiger partial charge on any atom is -0.494 e. The molecule has 1 heterocycles. The number of rotatable bonds is 5. The number of nitrogens with zero attached hydrogens (tertiary/aromatic N) is 2. The lowest BCUT2D eigenvalue weighted by atomic mass is 9.88. The van der Waals surface area contributed by atoms with E-state index in [2.05, 4.69) is 27.8 Å². The third-order valence-corrected chi connectivity index (χ3v) is 3.87. The topological polar surface area (TPSA) is 53.1 Å². The number of aryl methyl sites for hydroxylation is 2. The summed E-state index contributed by atoms with van der Waals surface area (Å²) in [5.74, 6) is 0.937. The lowest BCUT2D eigenvalue weighted by Crippen LogP contribution is -2.17. The van der Waals surface area contributed by atoms with Crippen LogP contribution >= 0.6 is 0 Å². The summed E-state index contributed by atoms with van der Waals surface area (Å²) in [5.41, 5.74) is 8.82. The molecule has 1 aromatic heterocycles. The van der Waals surface area contributed by atoms with Gasteiger partial charge >= 0.3 is 0 Å². The Morgan fingerprint density at radius 3 is 3.20 bits per heavy atom. The Bertz CT molecular complexity index is 551. The summed E-state index contributed by atoms with van der Waals surface area (Å²) >= 11 is 0. The Labute approximate surface area is 119 Å². The van der Waals surface area contributed by atoms with Gasteiger partial charge in [-0.05, 0) is 48.9 Å². The van der Waals surface area contributed by atoms with Gasteiger partial charge < -0.3 is 15.0 Å². The highest BCUT2D eigenvalue weighted by Crippen LogP contribution is 2.30. The molecule has 3 rings (SSSR count). The van der Waals surface area contributed by atoms with Crippen LogP contribution < -0.4 is 10.5 Å². The molecule has 0 spiro atoms. The van der Waals surface area contributed by atoms with Crippen LogP contribution in [-0.2, 0) is 13.0 Å². The van der Waals surface area contributed by atoms with Gasteiger partial charge in [0.1, 0.15) is 5.75 Å². The van der Waals surface area contributed by atoms with Gasteiger partial charge in [-0.1, -0.05) is 6.07 Å². The van der Waals surface area contributed by atoms with Gasteiger partial charge in [-0.3, -0.25) is 0 Å². The zero-order chi connectivity index (χ0) is 13.8. The largest absolute Gasteiger partial charge is 0.494 e. The summed E-state index contributed by atoms with van der Waals surface area (Å²) in [6.45, 7) is 1.65. The molecule has 2 N–H and O–H groups in total. The highest BCUT2D eigenvalue weighted by Gasteiger charge is 2.17. The average molecular weight is 271 g/mol. The number of aromatic nitrogens is 2. The Balaban J connectivity index is 1.54. The van der Waals surface area contributed by atoms with Crippen molar-refractivity contribution in [1.29, 1.82) is 0 Å². The van der Waals surface area contributed by atoms with E-state index in [-0.39, 0.29) is 6.04 Å². The molecule has 0 fully saturated rings. The fourth-order valence-electron chi connectivity index (χ4n) is 2.76. The number of hydrogen-bond donors (Lipinski definition) is 1. The minimum absolute atomic E-state index is 0.174. The van der Waals surface area contributed by atoms with Gasteiger partial charge in [0.05, 0.1) is 12.9 Å². The van der Waals surface area contributed by atoms with Gasteiger partial charge in [0, 0.05) is 25.0 Å². The fourth-order valence-corrected chi connectivity index (χ4v) is 2.76. The van der Waals surface area contributed by atoms with Crippen LogP contribution in [0.2, 0.25) is 0 Å². The summed E-state index contributed by atoms with van der Waals surface area (Å²) < 4.78 is 7.89. The molecule has 1 aliphatic rings. The smallest absolute Gasteiger partial charge is 0.119 e. The van der Waals surface area contributed by atoms with Gasteiger partial charge in [-0.2, -0.15) is 0 Å². The zero-order valence-electron chi connectivity index (χ0n) is 11.7. The minimum atomic E-state index is 0.174. The van der Waals surface area contributed by atoms with Crippen molar-refractivity contribution in [2.45, 2.75) is 38.3 Å². The second kappa shape index (κ2) is 6.09. The highest BCUT2D eigenvalue weighted by atomic mass is 16.5. The molecule has 20 heavy (non-hydrogen) atoms. The first-order chi connectivity index (χ1) is 9.83. The van der Waals surface area contributed by atoms with Crippen LogP contribution in [0.15, 0.2) is 36.9 Å². The Morgan fingerprint density at radius 2 is 2.35 bits per heavy atom. The standard InChI is InChI=1S/C16H21N3O/c17-16-4-1-3-13-5-6-14(11-15(13)16)20-10-2-8-19-9-7-18-12-19/h5-7,9,11-12,16H,1-4,8,10,17H2/t16-/m0/s1. The predicted octanol–water partition coefficient (Wildman–Crippen LogP) is 2.69. The first kappa shape index (κ1) is 13.2. The van der Waals surface area contributed by atoms with Crippen LogP contribution in [0, 0.1) is 0 Å². The van der Waals surface area contributed by atoms with E-state index in [4.69, 9.17) is 10.5 Å². The van der Waals surface area contributed by atoms with E-state index in [0.717, 1.165) is 31.6 Å². The molecule has 0 unspecified atom stereocenters. The number of nitrogens with two attached hydrogens (primary N) is 1. The van der Waals surface area contributed by atoms with Crippen LogP contribution in [0.1, 0.15) is 36.4 Å².